The van der Waals surface area contributed by atoms with E-state index in [1.165, 1.54) is 24.3 Å². The van der Waals surface area contributed by atoms with E-state index >= 15 is 0 Å². The van der Waals surface area contributed by atoms with Crippen LogP contribution in [-0.2, 0) is 10.4 Å². The summed E-state index contributed by atoms with van der Waals surface area (Å²) in [6.45, 7) is 1.48. The van der Waals surface area contributed by atoms with Crippen LogP contribution in [0.5, 0.6) is 11.5 Å². The third-order valence-electron chi connectivity index (χ3n) is 6.39. The molecule has 3 aliphatic rings. The maximum atomic E-state index is 13.1. The van der Waals surface area contributed by atoms with Gasteiger partial charge in [-0.2, -0.15) is 0 Å². The number of aromatic nitrogens is 1. The Morgan fingerprint density at radius 2 is 1.71 bits per heavy atom. The number of hydrogen-bond donors (Lipinski definition) is 1. The Morgan fingerprint density at radius 1 is 1.00 bits per heavy atom. The van der Waals surface area contributed by atoms with Crippen molar-refractivity contribution in [2.45, 2.75) is 31.2 Å². The molecule has 34 heavy (non-hydrogen) atoms. The Kier molecular flexibility index (Phi) is 5.47. The molecule has 0 unspecified atom stereocenters. The number of aliphatic hydroxyl groups is 1. The molecule has 10 heteroatoms. The van der Waals surface area contributed by atoms with Crippen molar-refractivity contribution < 1.29 is 33.0 Å². The zero-order valence-corrected chi connectivity index (χ0v) is 18.2. The van der Waals surface area contributed by atoms with Crippen molar-refractivity contribution in [3.8, 4) is 11.5 Å². The van der Waals surface area contributed by atoms with E-state index in [1.807, 2.05) is 0 Å². The van der Waals surface area contributed by atoms with Crippen LogP contribution in [0.4, 0.5) is 8.78 Å². The number of carbonyl (C=O) groups is 2. The van der Waals surface area contributed by atoms with Crippen molar-refractivity contribution >= 4 is 17.9 Å². The van der Waals surface area contributed by atoms with Gasteiger partial charge in [-0.15, -0.1) is 8.78 Å². The smallest absolute Gasteiger partial charge is 0.395 e. The van der Waals surface area contributed by atoms with Crippen LogP contribution in [0.25, 0.3) is 6.08 Å². The lowest BCUT2D eigenvalue weighted by atomic mass is 9.77. The average molecular weight is 471 g/mol. The molecule has 1 aromatic carbocycles. The molecule has 1 aromatic heterocycles. The van der Waals surface area contributed by atoms with Crippen LogP contribution in [0, 0.1) is 0 Å². The topological polar surface area (TPSA) is 92.2 Å². The molecule has 178 valence electrons. The molecule has 2 aromatic rings. The maximum absolute atomic E-state index is 13.1. The molecule has 2 aliphatic heterocycles. The Bertz CT molecular complexity index is 1160. The Hall–Kier alpha value is -3.53. The molecule has 1 saturated heterocycles. The van der Waals surface area contributed by atoms with Crippen LogP contribution in [0.2, 0.25) is 0 Å². The number of carbonyl (C=O) groups excluding carboxylic acids is 2. The van der Waals surface area contributed by atoms with Crippen molar-refractivity contribution in [2.75, 3.05) is 26.2 Å². The predicted octanol–water partition coefficient (Wildman–Crippen LogP) is 2.77. The van der Waals surface area contributed by atoms with Gasteiger partial charge in [0, 0.05) is 44.0 Å². The number of hydrogen-bond acceptors (Lipinski definition) is 6. The third-order valence-corrected chi connectivity index (χ3v) is 6.39. The van der Waals surface area contributed by atoms with Crippen LogP contribution in [-0.4, -0.2) is 64.2 Å². The number of alkyl halides is 2. The van der Waals surface area contributed by atoms with Gasteiger partial charge in [-0.25, -0.2) is 0 Å². The van der Waals surface area contributed by atoms with Gasteiger partial charge >= 0.3 is 6.29 Å². The van der Waals surface area contributed by atoms with Gasteiger partial charge in [0.2, 0.25) is 5.91 Å². The van der Waals surface area contributed by atoms with E-state index in [2.05, 4.69) is 14.5 Å². The zero-order valence-electron chi connectivity index (χ0n) is 18.2. The van der Waals surface area contributed by atoms with Gasteiger partial charge in [-0.3, -0.25) is 14.6 Å². The van der Waals surface area contributed by atoms with E-state index in [0.717, 1.165) is 6.42 Å². The number of pyridine rings is 1. The van der Waals surface area contributed by atoms with Crippen LogP contribution in [0.1, 0.15) is 40.9 Å². The van der Waals surface area contributed by atoms with Crippen LogP contribution in [0.15, 0.2) is 42.6 Å². The van der Waals surface area contributed by atoms with Gasteiger partial charge < -0.3 is 24.4 Å². The second-order valence-electron chi connectivity index (χ2n) is 8.64. The maximum Gasteiger partial charge on any atom is 0.586 e. The van der Waals surface area contributed by atoms with Gasteiger partial charge in [0.15, 0.2) is 11.5 Å². The summed E-state index contributed by atoms with van der Waals surface area (Å²) in [6, 6.07) is 7.57. The lowest BCUT2D eigenvalue weighted by Gasteiger charge is -2.36. The van der Waals surface area contributed by atoms with Crippen molar-refractivity contribution in [3.63, 3.8) is 0 Å². The molecule has 8 nitrogen and oxygen atoms in total. The number of halogens is 2. The molecule has 0 bridgehead atoms. The fraction of sp³-hybridized carbons (Fsp3) is 0.375. The molecule has 3 heterocycles. The summed E-state index contributed by atoms with van der Waals surface area (Å²) in [4.78, 5) is 33.0. The number of benzene rings is 1. The number of rotatable bonds is 4. The first-order chi connectivity index (χ1) is 16.2. The van der Waals surface area contributed by atoms with Gasteiger partial charge in [0.1, 0.15) is 5.60 Å². The first-order valence-corrected chi connectivity index (χ1v) is 11.1. The van der Waals surface area contributed by atoms with Crippen molar-refractivity contribution in [1.82, 2.24) is 14.8 Å². The van der Waals surface area contributed by atoms with Gasteiger partial charge in [-0.1, -0.05) is 6.07 Å². The highest BCUT2D eigenvalue weighted by Gasteiger charge is 2.43. The number of piperazine rings is 1. The largest absolute Gasteiger partial charge is 0.586 e. The minimum atomic E-state index is -3.69. The first kappa shape index (κ1) is 22.3. The summed E-state index contributed by atoms with van der Waals surface area (Å²) in [6.07, 6.45) is 2.96. The monoisotopic (exact) mass is 471 g/mol. The Balaban J connectivity index is 1.17. The van der Waals surface area contributed by atoms with E-state index in [1.54, 1.807) is 34.2 Å². The van der Waals surface area contributed by atoms with Crippen molar-refractivity contribution in [3.05, 3.63) is 59.4 Å². The standard InChI is InChI=1S/C24H23F2N3O5/c25-24(26)33-18-4-2-16(14-19(18)34-24)3-5-21(30)28-10-12-29(13-11-28)22(31)17-6-9-27-20(15-17)23(32)7-1-8-23/h2-6,9,14-15,32H,1,7-8,10-13H2/b5-3+. The predicted molar refractivity (Wildman–Crippen MR) is 116 cm³/mol. The SMILES string of the molecule is O=C(/C=C/c1ccc2c(c1)OC(F)(F)O2)N1CCN(C(=O)c2ccnc(C3(O)CCC3)c2)CC1. The van der Waals surface area contributed by atoms with E-state index in [4.69, 9.17) is 0 Å². The average Bonchev–Trinajstić information content (AvgIpc) is 3.13. The molecule has 1 N–H and O–H groups in total. The molecule has 0 atom stereocenters. The Morgan fingerprint density at radius 3 is 2.41 bits per heavy atom. The second kappa shape index (κ2) is 8.35. The molecule has 2 amide bonds. The summed E-state index contributed by atoms with van der Waals surface area (Å²) < 4.78 is 35.1. The van der Waals surface area contributed by atoms with Crippen LogP contribution in [0.3, 0.4) is 0 Å². The van der Waals surface area contributed by atoms with E-state index < -0.39 is 11.9 Å². The van der Waals surface area contributed by atoms with E-state index in [0.29, 0.717) is 55.8 Å². The van der Waals surface area contributed by atoms with Crippen molar-refractivity contribution in [2.24, 2.45) is 0 Å². The van der Waals surface area contributed by atoms with Gasteiger partial charge in [-0.05, 0) is 55.2 Å². The molecule has 1 saturated carbocycles. The van der Waals surface area contributed by atoms with Crippen LogP contribution < -0.4 is 9.47 Å². The number of ether oxygens (including phenoxy) is 2. The quantitative estimate of drug-likeness (QED) is 0.690. The molecule has 0 spiro atoms. The van der Waals surface area contributed by atoms with E-state index in [9.17, 15) is 23.5 Å². The zero-order chi connectivity index (χ0) is 23.9. The van der Waals surface area contributed by atoms with Gasteiger partial charge in [0.05, 0.1) is 5.69 Å². The lowest BCUT2D eigenvalue weighted by Crippen LogP contribution is -2.50. The van der Waals surface area contributed by atoms with E-state index in [-0.39, 0.29) is 23.3 Å². The Labute approximate surface area is 194 Å². The van der Waals surface area contributed by atoms with Crippen LogP contribution >= 0.6 is 0 Å². The normalized spacial score (nSPS) is 20.3. The fourth-order valence-electron chi connectivity index (χ4n) is 4.24. The summed E-state index contributed by atoms with van der Waals surface area (Å²) in [5.41, 5.74) is 0.574. The molecule has 0 radical (unpaired) electrons. The summed E-state index contributed by atoms with van der Waals surface area (Å²) in [5.74, 6) is -0.548. The fourth-order valence-corrected chi connectivity index (χ4v) is 4.24. The minimum Gasteiger partial charge on any atom is -0.395 e. The molecule has 5 rings (SSSR count). The summed E-state index contributed by atoms with van der Waals surface area (Å²) >= 11 is 0. The molecule has 2 fully saturated rings. The second-order valence-corrected chi connectivity index (χ2v) is 8.64. The van der Waals surface area contributed by atoms with Crippen molar-refractivity contribution in [1.29, 1.82) is 0 Å². The molecule has 1 aliphatic carbocycles. The minimum absolute atomic E-state index is 0.0579. The summed E-state index contributed by atoms with van der Waals surface area (Å²) in [7, 11) is 0. The molecular weight excluding hydrogens is 448 g/mol. The number of amides is 2. The first-order valence-electron chi connectivity index (χ1n) is 11.1. The summed E-state index contributed by atoms with van der Waals surface area (Å²) in [5, 5.41) is 10.5. The highest BCUT2D eigenvalue weighted by Crippen LogP contribution is 2.41. The highest BCUT2D eigenvalue weighted by atomic mass is 19.3. The van der Waals surface area contributed by atoms with Gasteiger partial charge in [0.25, 0.3) is 5.91 Å². The highest BCUT2D eigenvalue weighted by molar-refractivity contribution is 5.95. The number of nitrogens with zero attached hydrogens (tertiary/aromatic N) is 3. The number of fused-ring (bicyclic) bond motifs is 1. The lowest BCUT2D eigenvalue weighted by molar-refractivity contribution is -0.286. The molecular formula is C24H23F2N3O5. The third kappa shape index (κ3) is 4.33.